The number of aromatic nitrogens is 1. The van der Waals surface area contributed by atoms with Crippen molar-refractivity contribution in [1.29, 1.82) is 0 Å². The molecule has 2 N–H and O–H groups in total. The number of amides is 1. The Morgan fingerprint density at radius 1 is 0.816 bits per heavy atom. The van der Waals surface area contributed by atoms with E-state index in [-0.39, 0.29) is 18.8 Å². The number of hydrogen-bond donors (Lipinski definition) is 2. The van der Waals surface area contributed by atoms with Crippen molar-refractivity contribution < 1.29 is 27.5 Å². The number of carbonyl (C=O) groups is 2. The first-order valence-corrected chi connectivity index (χ1v) is 16.0. The SMILES string of the molecule is O=C(/C=C/Nc1ccc(OCCCC2(C(=O)NCC(F)(F)F)c3ccccc3-c3ccccc32)nc1)c1ccccc1-c1ccc(Cl)cc1. The molecule has 0 spiro atoms. The summed E-state index contributed by atoms with van der Waals surface area (Å²) in [5.74, 6) is -0.538. The molecule has 5 aromatic rings. The molecule has 4 aromatic carbocycles. The quantitative estimate of drug-likeness (QED) is 0.0781. The van der Waals surface area contributed by atoms with Crippen molar-refractivity contribution in [2.75, 3.05) is 18.5 Å². The molecule has 6 nitrogen and oxygen atoms in total. The lowest BCUT2D eigenvalue weighted by molar-refractivity contribution is -0.141. The van der Waals surface area contributed by atoms with Crippen LogP contribution in [-0.4, -0.2) is 36.0 Å². The predicted octanol–water partition coefficient (Wildman–Crippen LogP) is 9.01. The monoisotopic (exact) mass is 681 g/mol. The Balaban J connectivity index is 1.08. The van der Waals surface area contributed by atoms with Gasteiger partial charge in [-0.25, -0.2) is 4.98 Å². The zero-order valence-corrected chi connectivity index (χ0v) is 26.9. The molecule has 1 aromatic heterocycles. The van der Waals surface area contributed by atoms with Crippen molar-refractivity contribution in [2.24, 2.45) is 0 Å². The third kappa shape index (κ3) is 7.37. The van der Waals surface area contributed by atoms with Crippen LogP contribution in [0.2, 0.25) is 5.02 Å². The zero-order valence-electron chi connectivity index (χ0n) is 26.1. The lowest BCUT2D eigenvalue weighted by Gasteiger charge is -2.31. The van der Waals surface area contributed by atoms with Crippen LogP contribution in [0.25, 0.3) is 22.3 Å². The van der Waals surface area contributed by atoms with Crippen LogP contribution in [0.1, 0.15) is 34.3 Å². The van der Waals surface area contributed by atoms with Gasteiger partial charge >= 0.3 is 6.18 Å². The van der Waals surface area contributed by atoms with E-state index in [0.717, 1.165) is 22.3 Å². The number of hydrogen-bond acceptors (Lipinski definition) is 5. The number of ketones is 1. The third-order valence-corrected chi connectivity index (χ3v) is 8.67. The highest BCUT2D eigenvalue weighted by molar-refractivity contribution is 6.30. The Hall–Kier alpha value is -5.41. The van der Waals surface area contributed by atoms with Gasteiger partial charge in [0.15, 0.2) is 5.78 Å². The molecule has 0 saturated carbocycles. The first-order chi connectivity index (χ1) is 23.7. The van der Waals surface area contributed by atoms with E-state index in [1.807, 2.05) is 54.6 Å². The number of carbonyl (C=O) groups excluding carboxylic acids is 2. The average molecular weight is 682 g/mol. The lowest BCUT2D eigenvalue weighted by atomic mass is 9.73. The first-order valence-electron chi connectivity index (χ1n) is 15.6. The van der Waals surface area contributed by atoms with Gasteiger partial charge in [0.2, 0.25) is 11.8 Å². The third-order valence-electron chi connectivity index (χ3n) is 8.42. The van der Waals surface area contributed by atoms with Crippen LogP contribution < -0.4 is 15.4 Å². The van der Waals surface area contributed by atoms with Crippen LogP contribution in [-0.2, 0) is 10.2 Å². The largest absolute Gasteiger partial charge is 0.478 e. The molecule has 1 aliphatic carbocycles. The number of anilines is 1. The average Bonchev–Trinajstić information content (AvgIpc) is 3.40. The molecule has 1 heterocycles. The van der Waals surface area contributed by atoms with Crippen molar-refractivity contribution in [3.05, 3.63) is 149 Å². The Morgan fingerprint density at radius 2 is 1.45 bits per heavy atom. The van der Waals surface area contributed by atoms with Gasteiger partial charge in [-0.05, 0) is 64.4 Å². The Bertz CT molecular complexity index is 1950. The molecule has 49 heavy (non-hydrogen) atoms. The maximum Gasteiger partial charge on any atom is 0.405 e. The molecule has 0 fully saturated rings. The summed E-state index contributed by atoms with van der Waals surface area (Å²) in [6.45, 7) is -1.24. The highest BCUT2D eigenvalue weighted by Gasteiger charge is 2.49. The van der Waals surface area contributed by atoms with Crippen molar-refractivity contribution in [2.45, 2.75) is 24.4 Å². The Kier molecular flexibility index (Phi) is 9.82. The Morgan fingerprint density at radius 3 is 2.08 bits per heavy atom. The smallest absolute Gasteiger partial charge is 0.405 e. The van der Waals surface area contributed by atoms with Crippen molar-refractivity contribution >= 4 is 29.0 Å². The van der Waals surface area contributed by atoms with E-state index in [9.17, 15) is 22.8 Å². The van der Waals surface area contributed by atoms with E-state index >= 15 is 0 Å². The predicted molar refractivity (Wildman–Crippen MR) is 185 cm³/mol. The second-order valence-corrected chi connectivity index (χ2v) is 12.0. The van der Waals surface area contributed by atoms with Crippen LogP contribution in [0, 0.1) is 0 Å². The molecule has 1 aliphatic rings. The van der Waals surface area contributed by atoms with Crippen molar-refractivity contribution in [3.8, 4) is 28.1 Å². The minimum atomic E-state index is -4.54. The summed E-state index contributed by atoms with van der Waals surface area (Å²) in [5, 5.41) is 5.80. The van der Waals surface area contributed by atoms with Crippen molar-refractivity contribution in [1.82, 2.24) is 10.3 Å². The van der Waals surface area contributed by atoms with Gasteiger partial charge in [-0.1, -0.05) is 96.5 Å². The molecule has 0 radical (unpaired) electrons. The van der Waals surface area contributed by atoms with Gasteiger partial charge in [0.05, 0.1) is 18.5 Å². The minimum absolute atomic E-state index is 0.177. The minimum Gasteiger partial charge on any atom is -0.478 e. The molecule has 0 saturated heterocycles. The highest BCUT2D eigenvalue weighted by Crippen LogP contribution is 2.51. The summed E-state index contributed by atoms with van der Waals surface area (Å²) in [7, 11) is 0. The second kappa shape index (κ2) is 14.4. The number of rotatable bonds is 12. The molecule has 1 amide bonds. The summed E-state index contributed by atoms with van der Waals surface area (Å²) < 4.78 is 45.3. The number of nitrogens with zero attached hydrogens (tertiary/aromatic N) is 1. The molecule has 0 aliphatic heterocycles. The number of halogens is 4. The second-order valence-electron chi connectivity index (χ2n) is 11.5. The standard InChI is InChI=1S/C39H31ClF3N3O3/c40-27-16-14-26(15-17-27)29-8-1-2-11-32(29)35(47)20-22-44-28-18-19-36(45-24-28)49-23-7-21-38(37(48)46-25-39(41,42)43)33-12-5-3-9-30(33)31-10-4-6-13-34(31)38/h1-6,8-20,22,24,44H,7,21,23,25H2,(H,46,48)/b22-20+. The van der Waals surface area contributed by atoms with E-state index in [1.54, 1.807) is 67.0 Å². The van der Waals surface area contributed by atoms with Gasteiger partial charge in [0.25, 0.3) is 0 Å². The number of fused-ring (bicyclic) bond motifs is 3. The van der Waals surface area contributed by atoms with Gasteiger partial charge in [-0.3, -0.25) is 9.59 Å². The lowest BCUT2D eigenvalue weighted by Crippen LogP contribution is -2.47. The molecule has 10 heteroatoms. The fourth-order valence-electron chi connectivity index (χ4n) is 6.23. The summed E-state index contributed by atoms with van der Waals surface area (Å²) in [6.07, 6.45) is 0.592. The number of pyridine rings is 1. The van der Waals surface area contributed by atoms with E-state index in [1.165, 1.54) is 6.08 Å². The van der Waals surface area contributed by atoms with Gasteiger partial charge in [-0.15, -0.1) is 0 Å². The maximum absolute atomic E-state index is 13.6. The van der Waals surface area contributed by atoms with Crippen molar-refractivity contribution in [3.63, 3.8) is 0 Å². The van der Waals surface area contributed by atoms with Gasteiger partial charge in [0, 0.05) is 28.9 Å². The molecular weight excluding hydrogens is 651 g/mol. The Labute approximate surface area is 286 Å². The summed E-state index contributed by atoms with van der Waals surface area (Å²) in [4.78, 5) is 31.0. The molecular formula is C39H31ClF3N3O3. The van der Waals surface area contributed by atoms with E-state index in [4.69, 9.17) is 16.3 Å². The molecule has 248 valence electrons. The summed E-state index contributed by atoms with van der Waals surface area (Å²) >= 11 is 6.02. The van der Waals surface area contributed by atoms with E-state index in [2.05, 4.69) is 15.6 Å². The number of alkyl halides is 3. The van der Waals surface area contributed by atoms with Gasteiger partial charge in [0.1, 0.15) is 12.0 Å². The fraction of sp³-hybridized carbons (Fsp3) is 0.154. The number of ether oxygens (including phenoxy) is 1. The van der Waals surface area contributed by atoms with Crippen LogP contribution >= 0.6 is 11.6 Å². The normalized spacial score (nSPS) is 13.1. The topological polar surface area (TPSA) is 80.3 Å². The summed E-state index contributed by atoms with van der Waals surface area (Å²) in [6, 6.07) is 32.7. The van der Waals surface area contributed by atoms with Crippen LogP contribution in [0.4, 0.5) is 18.9 Å². The zero-order chi connectivity index (χ0) is 34.4. The van der Waals surface area contributed by atoms with Crippen LogP contribution in [0.15, 0.2) is 128 Å². The van der Waals surface area contributed by atoms with Crippen LogP contribution in [0.3, 0.4) is 0 Å². The molecule has 0 unspecified atom stereocenters. The van der Waals surface area contributed by atoms with Gasteiger partial charge < -0.3 is 15.4 Å². The molecule has 0 atom stereocenters. The summed E-state index contributed by atoms with van der Waals surface area (Å²) in [5.41, 5.74) is 4.55. The number of nitrogens with one attached hydrogen (secondary N) is 2. The first kappa shape index (κ1) is 33.5. The number of benzene rings is 4. The van der Waals surface area contributed by atoms with E-state index < -0.39 is 24.0 Å². The van der Waals surface area contributed by atoms with E-state index in [0.29, 0.717) is 39.7 Å². The van der Waals surface area contributed by atoms with Gasteiger partial charge in [-0.2, -0.15) is 13.2 Å². The fourth-order valence-corrected chi connectivity index (χ4v) is 6.36. The maximum atomic E-state index is 13.6. The number of allylic oxidation sites excluding steroid dienone is 1. The van der Waals surface area contributed by atoms with Crippen LogP contribution in [0.5, 0.6) is 5.88 Å². The highest BCUT2D eigenvalue weighted by atomic mass is 35.5. The molecule has 6 rings (SSSR count). The molecule has 0 bridgehead atoms.